The molecule has 4 nitrogen and oxygen atoms in total. The van der Waals surface area contributed by atoms with Crippen LogP contribution in [0.25, 0.3) is 22.3 Å². The van der Waals surface area contributed by atoms with Crippen molar-refractivity contribution in [1.29, 1.82) is 0 Å². The highest BCUT2D eigenvalue weighted by Crippen LogP contribution is 2.31. The van der Waals surface area contributed by atoms with E-state index in [4.69, 9.17) is 14.6 Å². The van der Waals surface area contributed by atoms with E-state index in [1.54, 1.807) is 13.0 Å². The standard InChI is InChI=1S/C32H37FO4/c1-4-5-6-8-24-10-16-29(30(33)21-24)26-13-11-25(12-14-26)27-15-17-31(36-20-18-34)28(22-27)9-7-19-37-32(35)23(2)3/h10-17,21-22,34H,2,4-9,18-20H2,1,3H3. The summed E-state index contributed by atoms with van der Waals surface area (Å²) < 4.78 is 25.8. The molecule has 0 spiro atoms. The minimum atomic E-state index is -0.395. The van der Waals surface area contributed by atoms with Crippen LogP contribution in [0.5, 0.6) is 5.75 Å². The predicted molar refractivity (Wildman–Crippen MR) is 147 cm³/mol. The van der Waals surface area contributed by atoms with Crippen LogP contribution in [0, 0.1) is 5.82 Å². The van der Waals surface area contributed by atoms with Gasteiger partial charge in [0.05, 0.1) is 13.2 Å². The first kappa shape index (κ1) is 28.1. The Balaban J connectivity index is 1.74. The second-order valence-electron chi connectivity index (χ2n) is 9.26. The van der Waals surface area contributed by atoms with Crippen LogP contribution in [0.4, 0.5) is 4.39 Å². The number of unbranched alkanes of at least 4 members (excludes halogenated alkanes) is 2. The van der Waals surface area contributed by atoms with Gasteiger partial charge in [-0.05, 0) is 78.6 Å². The van der Waals surface area contributed by atoms with Crippen LogP contribution in [0.3, 0.4) is 0 Å². The van der Waals surface area contributed by atoms with E-state index < -0.39 is 5.97 Å². The monoisotopic (exact) mass is 504 g/mol. The second-order valence-corrected chi connectivity index (χ2v) is 9.26. The molecule has 3 aromatic rings. The Labute approximate surface area is 219 Å². The van der Waals surface area contributed by atoms with Gasteiger partial charge in [-0.15, -0.1) is 0 Å². The summed E-state index contributed by atoms with van der Waals surface area (Å²) in [6.07, 6.45) is 5.56. The number of ether oxygens (including phenoxy) is 2. The van der Waals surface area contributed by atoms with Gasteiger partial charge in [-0.1, -0.05) is 68.8 Å². The first-order chi connectivity index (χ1) is 17.9. The molecule has 3 rings (SSSR count). The second kappa shape index (κ2) is 14.3. The first-order valence-electron chi connectivity index (χ1n) is 13.0. The fraction of sp³-hybridized carbons (Fsp3) is 0.344. The Morgan fingerprint density at radius 3 is 2.30 bits per heavy atom. The number of carbonyl (C=O) groups is 1. The lowest BCUT2D eigenvalue weighted by atomic mass is 9.96. The van der Waals surface area contributed by atoms with E-state index in [1.165, 1.54) is 0 Å². The minimum absolute atomic E-state index is 0.0742. The topological polar surface area (TPSA) is 55.8 Å². The Kier molecular flexibility index (Phi) is 10.9. The molecule has 1 N–H and O–H groups in total. The van der Waals surface area contributed by atoms with Crippen molar-refractivity contribution < 1.29 is 23.8 Å². The van der Waals surface area contributed by atoms with Gasteiger partial charge in [0.25, 0.3) is 0 Å². The lowest BCUT2D eigenvalue weighted by Crippen LogP contribution is -2.08. The first-order valence-corrected chi connectivity index (χ1v) is 13.0. The van der Waals surface area contributed by atoms with Crippen LogP contribution in [-0.2, 0) is 22.4 Å². The highest BCUT2D eigenvalue weighted by molar-refractivity contribution is 5.86. The van der Waals surface area contributed by atoms with Crippen molar-refractivity contribution in [3.05, 3.63) is 89.8 Å². The Morgan fingerprint density at radius 2 is 1.62 bits per heavy atom. The molecule has 0 amide bonds. The van der Waals surface area contributed by atoms with Crippen molar-refractivity contribution in [3.63, 3.8) is 0 Å². The Hall–Kier alpha value is -3.44. The Bertz CT molecular complexity index is 1180. The molecule has 3 aromatic carbocycles. The van der Waals surface area contributed by atoms with Crippen LogP contribution in [0.1, 0.15) is 50.7 Å². The number of benzene rings is 3. The Morgan fingerprint density at radius 1 is 0.892 bits per heavy atom. The summed E-state index contributed by atoms with van der Waals surface area (Å²) >= 11 is 0. The third-order valence-electron chi connectivity index (χ3n) is 6.21. The summed E-state index contributed by atoms with van der Waals surface area (Å²) in [5, 5.41) is 9.16. The smallest absolute Gasteiger partial charge is 0.333 e. The minimum Gasteiger partial charge on any atom is -0.491 e. The molecule has 0 fully saturated rings. The molecule has 0 aliphatic heterocycles. The SMILES string of the molecule is C=C(C)C(=O)OCCCc1cc(-c2ccc(-c3ccc(CCCCC)cc3F)cc2)ccc1OCCO. The number of carbonyl (C=O) groups excluding carboxylic acids is 1. The van der Waals surface area contributed by atoms with Gasteiger partial charge in [-0.3, -0.25) is 0 Å². The fourth-order valence-corrected chi connectivity index (χ4v) is 4.17. The van der Waals surface area contributed by atoms with Crippen molar-refractivity contribution >= 4 is 5.97 Å². The molecule has 0 atom stereocenters. The van der Waals surface area contributed by atoms with Gasteiger partial charge in [-0.2, -0.15) is 0 Å². The van der Waals surface area contributed by atoms with Crippen LogP contribution in [0.2, 0.25) is 0 Å². The maximum atomic E-state index is 14.8. The van der Waals surface area contributed by atoms with Crippen LogP contribution >= 0.6 is 0 Å². The molecular formula is C32H37FO4. The molecule has 37 heavy (non-hydrogen) atoms. The van der Waals surface area contributed by atoms with Crippen LogP contribution < -0.4 is 4.74 Å². The predicted octanol–water partition coefficient (Wildman–Crippen LogP) is 7.32. The molecule has 196 valence electrons. The van der Waals surface area contributed by atoms with Crippen molar-refractivity contribution in [3.8, 4) is 28.0 Å². The van der Waals surface area contributed by atoms with E-state index in [1.807, 2.05) is 54.6 Å². The fourth-order valence-electron chi connectivity index (χ4n) is 4.17. The number of rotatable bonds is 14. The van der Waals surface area contributed by atoms with E-state index >= 15 is 0 Å². The van der Waals surface area contributed by atoms with E-state index in [-0.39, 0.29) is 25.6 Å². The lowest BCUT2D eigenvalue weighted by molar-refractivity contribution is -0.139. The van der Waals surface area contributed by atoms with Gasteiger partial charge in [0.15, 0.2) is 0 Å². The molecule has 0 unspecified atom stereocenters. The van der Waals surface area contributed by atoms with E-state index in [0.717, 1.165) is 53.5 Å². The van der Waals surface area contributed by atoms with Crippen molar-refractivity contribution in [1.82, 2.24) is 0 Å². The lowest BCUT2D eigenvalue weighted by Gasteiger charge is -2.14. The molecule has 5 heteroatoms. The summed E-state index contributed by atoms with van der Waals surface area (Å²) in [6.45, 7) is 7.79. The molecule has 0 aliphatic carbocycles. The number of aliphatic hydroxyl groups excluding tert-OH is 1. The summed E-state index contributed by atoms with van der Waals surface area (Å²) in [5.41, 5.74) is 5.82. The van der Waals surface area contributed by atoms with Crippen LogP contribution in [-0.4, -0.2) is 30.9 Å². The zero-order chi connectivity index (χ0) is 26.6. The highest BCUT2D eigenvalue weighted by Gasteiger charge is 2.11. The van der Waals surface area contributed by atoms with Gasteiger partial charge in [0, 0.05) is 11.1 Å². The summed E-state index contributed by atoms with van der Waals surface area (Å²) in [6, 6.07) is 19.3. The maximum Gasteiger partial charge on any atom is 0.333 e. The zero-order valence-corrected chi connectivity index (χ0v) is 21.9. The van der Waals surface area contributed by atoms with Crippen molar-refractivity contribution in [2.75, 3.05) is 19.8 Å². The molecule has 0 bridgehead atoms. The quantitative estimate of drug-likeness (QED) is 0.142. The molecule has 0 aliphatic rings. The summed E-state index contributed by atoms with van der Waals surface area (Å²) in [4.78, 5) is 11.6. The summed E-state index contributed by atoms with van der Waals surface area (Å²) in [5.74, 6) is 0.108. The summed E-state index contributed by atoms with van der Waals surface area (Å²) in [7, 11) is 0. The third-order valence-corrected chi connectivity index (χ3v) is 6.21. The number of hydrogen-bond donors (Lipinski definition) is 1. The largest absolute Gasteiger partial charge is 0.491 e. The number of halogens is 1. The zero-order valence-electron chi connectivity index (χ0n) is 21.9. The molecule has 0 aromatic heterocycles. The van der Waals surface area contributed by atoms with Gasteiger partial charge < -0.3 is 14.6 Å². The highest BCUT2D eigenvalue weighted by atomic mass is 19.1. The van der Waals surface area contributed by atoms with Crippen LogP contribution in [0.15, 0.2) is 72.8 Å². The average Bonchev–Trinajstić information content (AvgIpc) is 2.90. The van der Waals surface area contributed by atoms with Gasteiger partial charge in [-0.25, -0.2) is 9.18 Å². The molecule has 0 heterocycles. The molecule has 0 radical (unpaired) electrons. The third kappa shape index (κ3) is 8.29. The van der Waals surface area contributed by atoms with Gasteiger partial charge >= 0.3 is 5.97 Å². The molecule has 0 saturated carbocycles. The number of aliphatic hydroxyl groups is 1. The van der Waals surface area contributed by atoms with Gasteiger partial charge in [0.2, 0.25) is 0 Å². The number of esters is 1. The number of hydrogen-bond acceptors (Lipinski definition) is 4. The normalized spacial score (nSPS) is 10.8. The van der Waals surface area contributed by atoms with E-state index in [2.05, 4.69) is 13.5 Å². The van der Waals surface area contributed by atoms with E-state index in [9.17, 15) is 9.18 Å². The number of aryl methyl sites for hydroxylation is 2. The molecule has 0 saturated heterocycles. The van der Waals surface area contributed by atoms with Gasteiger partial charge in [0.1, 0.15) is 18.2 Å². The average molecular weight is 505 g/mol. The maximum absolute atomic E-state index is 14.8. The molecular weight excluding hydrogens is 467 g/mol. The van der Waals surface area contributed by atoms with Crippen molar-refractivity contribution in [2.24, 2.45) is 0 Å². The van der Waals surface area contributed by atoms with E-state index in [0.29, 0.717) is 29.7 Å². The van der Waals surface area contributed by atoms with Crippen molar-refractivity contribution in [2.45, 2.75) is 52.4 Å².